The Morgan fingerprint density at radius 1 is 0.645 bits per heavy atom. The number of hydrogen-bond donors (Lipinski definition) is 0. The molecule has 2 aromatic rings. The van der Waals surface area contributed by atoms with E-state index in [1.54, 1.807) is 60.7 Å². The summed E-state index contributed by atoms with van der Waals surface area (Å²) in [5, 5.41) is -1.98. The monoisotopic (exact) mass is 454 g/mol. The molecular formula is C24H22O5S2. The van der Waals surface area contributed by atoms with Crippen molar-refractivity contribution < 1.29 is 21.6 Å². The summed E-state index contributed by atoms with van der Waals surface area (Å²) in [5.74, 6) is -0.208. The molecule has 4 bridgehead atoms. The normalized spacial score (nSPS) is 43.7. The highest BCUT2D eigenvalue weighted by Gasteiger charge is 2.94. The third kappa shape index (κ3) is 1.90. The number of sulfone groups is 2. The summed E-state index contributed by atoms with van der Waals surface area (Å²) in [6, 6.07) is 16.6. The smallest absolute Gasteiger partial charge is 0.182 e. The zero-order chi connectivity index (χ0) is 21.2. The molecule has 0 radical (unpaired) electrons. The van der Waals surface area contributed by atoms with Crippen molar-refractivity contribution in [3.8, 4) is 0 Å². The summed E-state index contributed by atoms with van der Waals surface area (Å²) >= 11 is 0. The maximum atomic E-state index is 13.9. The second kappa shape index (κ2) is 5.50. The predicted molar refractivity (Wildman–Crippen MR) is 114 cm³/mol. The Balaban J connectivity index is 1.44. The molecular weight excluding hydrogens is 432 g/mol. The highest BCUT2D eigenvalue weighted by Crippen LogP contribution is 2.84. The molecule has 0 aromatic heterocycles. The molecule has 0 spiro atoms. The number of epoxide rings is 1. The van der Waals surface area contributed by atoms with E-state index in [1.807, 2.05) is 0 Å². The minimum absolute atomic E-state index is 0.196. The van der Waals surface area contributed by atoms with Gasteiger partial charge < -0.3 is 4.74 Å². The molecule has 160 valence electrons. The van der Waals surface area contributed by atoms with E-state index in [0.717, 1.165) is 6.42 Å². The average Bonchev–Trinajstić information content (AvgIpc) is 3.16. The molecule has 0 amide bonds. The molecule has 4 aliphatic carbocycles. The van der Waals surface area contributed by atoms with Gasteiger partial charge in [0, 0.05) is 23.7 Å². The molecule has 31 heavy (non-hydrogen) atoms. The molecule has 2 aromatic carbocycles. The van der Waals surface area contributed by atoms with Crippen LogP contribution in [0.1, 0.15) is 12.8 Å². The highest BCUT2D eigenvalue weighted by atomic mass is 32.2. The first-order valence-corrected chi connectivity index (χ1v) is 13.9. The van der Waals surface area contributed by atoms with Gasteiger partial charge in [-0.05, 0) is 37.1 Å². The molecule has 7 rings (SSSR count). The van der Waals surface area contributed by atoms with Crippen LogP contribution in [0.3, 0.4) is 0 Å². The number of rotatable bonds is 4. The fraction of sp³-hybridized carbons (Fsp3) is 0.417. The topological polar surface area (TPSA) is 80.8 Å². The van der Waals surface area contributed by atoms with Crippen LogP contribution in [0.25, 0.3) is 0 Å². The zero-order valence-corrected chi connectivity index (χ0v) is 18.3. The van der Waals surface area contributed by atoms with Gasteiger partial charge in [-0.2, -0.15) is 0 Å². The number of benzene rings is 2. The van der Waals surface area contributed by atoms with E-state index < -0.39 is 41.4 Å². The third-order valence-electron chi connectivity index (χ3n) is 8.68. The summed E-state index contributed by atoms with van der Waals surface area (Å²) in [5.41, 5.74) is -0.987. The first-order valence-electron chi connectivity index (χ1n) is 10.8. The van der Waals surface area contributed by atoms with Crippen molar-refractivity contribution in [2.45, 2.75) is 44.3 Å². The van der Waals surface area contributed by atoms with Crippen LogP contribution in [0.15, 0.2) is 82.6 Å². The first-order chi connectivity index (χ1) is 14.8. The Kier molecular flexibility index (Phi) is 3.30. The molecule has 1 saturated heterocycles. The summed E-state index contributed by atoms with van der Waals surface area (Å²) in [6.45, 7) is 0. The Bertz CT molecular complexity index is 1230. The second-order valence-electron chi connectivity index (χ2n) is 9.62. The van der Waals surface area contributed by atoms with E-state index in [4.69, 9.17) is 4.74 Å². The van der Waals surface area contributed by atoms with Gasteiger partial charge in [0.05, 0.1) is 20.3 Å². The van der Waals surface area contributed by atoms with Crippen LogP contribution in [0.5, 0.6) is 0 Å². The Hall–Kier alpha value is -1.96. The molecule has 1 heterocycles. The summed E-state index contributed by atoms with van der Waals surface area (Å²) in [6.07, 6.45) is 5.89. The van der Waals surface area contributed by atoms with E-state index in [1.165, 1.54) is 0 Å². The lowest BCUT2D eigenvalue weighted by Gasteiger charge is -2.36. The molecule has 0 N–H and O–H groups in total. The maximum Gasteiger partial charge on any atom is 0.182 e. The van der Waals surface area contributed by atoms with E-state index in [0.29, 0.717) is 6.42 Å². The van der Waals surface area contributed by atoms with Crippen molar-refractivity contribution >= 4 is 19.7 Å². The first kappa shape index (κ1) is 18.6. The average molecular weight is 455 g/mol. The van der Waals surface area contributed by atoms with Crippen LogP contribution in [0.4, 0.5) is 0 Å². The van der Waals surface area contributed by atoms with Gasteiger partial charge in [0.25, 0.3) is 0 Å². The minimum atomic E-state index is -3.86. The van der Waals surface area contributed by atoms with Crippen LogP contribution < -0.4 is 0 Å². The lowest BCUT2D eigenvalue weighted by molar-refractivity contribution is 0.0967. The summed E-state index contributed by atoms with van der Waals surface area (Å²) in [4.78, 5) is 0.393. The molecule has 1 aliphatic heterocycles. The Morgan fingerprint density at radius 2 is 1.06 bits per heavy atom. The Morgan fingerprint density at radius 3 is 1.48 bits per heavy atom. The van der Waals surface area contributed by atoms with Gasteiger partial charge in [0.1, 0.15) is 11.2 Å². The Labute approximate surface area is 182 Å². The van der Waals surface area contributed by atoms with Gasteiger partial charge in [-0.25, -0.2) is 16.8 Å². The van der Waals surface area contributed by atoms with Crippen LogP contribution in [0.2, 0.25) is 0 Å². The van der Waals surface area contributed by atoms with Gasteiger partial charge >= 0.3 is 0 Å². The molecule has 4 fully saturated rings. The van der Waals surface area contributed by atoms with Crippen molar-refractivity contribution in [3.63, 3.8) is 0 Å². The molecule has 3 saturated carbocycles. The van der Waals surface area contributed by atoms with Crippen molar-refractivity contribution in [2.75, 3.05) is 0 Å². The lowest BCUT2D eigenvalue weighted by Crippen LogP contribution is -2.54. The van der Waals surface area contributed by atoms with Gasteiger partial charge in [-0.3, -0.25) is 0 Å². The van der Waals surface area contributed by atoms with Gasteiger partial charge in [-0.1, -0.05) is 48.6 Å². The van der Waals surface area contributed by atoms with Gasteiger partial charge in [0.2, 0.25) is 0 Å². The SMILES string of the molecule is O=S(=O)(c1ccccc1)[C@@H]1[C@H](S(=O)(=O)c2ccccc2)[C@H]2C[C@@H]1[C@]13O[C@]21[C@H]1C=C[C@H]3C1. The summed E-state index contributed by atoms with van der Waals surface area (Å²) in [7, 11) is -7.73. The predicted octanol–water partition coefficient (Wildman–Crippen LogP) is 3.03. The third-order valence-corrected chi connectivity index (χ3v) is 13.4. The lowest BCUT2D eigenvalue weighted by atomic mass is 9.73. The molecule has 7 heteroatoms. The largest absolute Gasteiger partial charge is 0.361 e. The fourth-order valence-corrected chi connectivity index (χ4v) is 12.9. The van der Waals surface area contributed by atoms with Crippen molar-refractivity contribution in [2.24, 2.45) is 23.7 Å². The van der Waals surface area contributed by atoms with Gasteiger partial charge in [0.15, 0.2) is 19.7 Å². The highest BCUT2D eigenvalue weighted by molar-refractivity contribution is 7.96. The molecule has 0 unspecified atom stereocenters. The number of fused-ring (bicyclic) bond motifs is 4. The minimum Gasteiger partial charge on any atom is -0.361 e. The van der Waals surface area contributed by atoms with Crippen molar-refractivity contribution in [3.05, 3.63) is 72.8 Å². The van der Waals surface area contributed by atoms with Crippen molar-refractivity contribution in [1.29, 1.82) is 0 Å². The maximum absolute atomic E-state index is 13.9. The van der Waals surface area contributed by atoms with Crippen LogP contribution in [-0.4, -0.2) is 38.5 Å². The van der Waals surface area contributed by atoms with E-state index in [2.05, 4.69) is 12.2 Å². The van der Waals surface area contributed by atoms with E-state index in [-0.39, 0.29) is 33.5 Å². The van der Waals surface area contributed by atoms with Crippen LogP contribution in [-0.2, 0) is 24.4 Å². The quantitative estimate of drug-likeness (QED) is 0.524. The van der Waals surface area contributed by atoms with Gasteiger partial charge in [-0.15, -0.1) is 0 Å². The number of ether oxygens (including phenoxy) is 1. The van der Waals surface area contributed by atoms with Crippen LogP contribution in [0, 0.1) is 23.7 Å². The molecule has 5 aliphatic rings. The van der Waals surface area contributed by atoms with Crippen molar-refractivity contribution in [1.82, 2.24) is 0 Å². The fourth-order valence-electron chi connectivity index (χ4n) is 7.76. The molecule has 5 nitrogen and oxygen atoms in total. The van der Waals surface area contributed by atoms with Crippen LogP contribution >= 0.6 is 0 Å². The number of hydrogen-bond acceptors (Lipinski definition) is 5. The van der Waals surface area contributed by atoms with E-state index >= 15 is 0 Å². The van der Waals surface area contributed by atoms with E-state index in [9.17, 15) is 16.8 Å². The molecule has 8 atom stereocenters. The second-order valence-corrected chi connectivity index (χ2v) is 13.8. The summed E-state index contributed by atoms with van der Waals surface area (Å²) < 4.78 is 62.2. The standard InChI is InChI=1S/C24H22O5S2/c25-30(26,17-7-3-1-4-8-17)21-19-14-20(22(21)31(27,28)18-9-5-2-6-10-18)24-16-12-11-15(13-16)23(19,24)29-24/h1-12,15-16,19-22H,13-14H2/t15-,16-,19-,20+,21-,22+,23-,24+/m0/s1. The zero-order valence-electron chi connectivity index (χ0n) is 16.7.